The van der Waals surface area contributed by atoms with Gasteiger partial charge in [0.15, 0.2) is 9.84 Å². The first-order chi connectivity index (χ1) is 7.45. The van der Waals surface area contributed by atoms with Gasteiger partial charge in [-0.15, -0.1) is 0 Å². The van der Waals surface area contributed by atoms with E-state index in [2.05, 4.69) is 0 Å². The minimum atomic E-state index is -3.15. The summed E-state index contributed by atoms with van der Waals surface area (Å²) >= 11 is 0. The van der Waals surface area contributed by atoms with Crippen LogP contribution in [0.1, 0.15) is 18.9 Å². The van der Waals surface area contributed by atoms with Gasteiger partial charge in [-0.1, -0.05) is 24.6 Å². The van der Waals surface area contributed by atoms with Crippen molar-refractivity contribution in [2.45, 2.75) is 25.2 Å². The Morgan fingerprint density at radius 1 is 1.25 bits per heavy atom. The number of aryl methyl sites for hydroxylation is 1. The lowest BCUT2D eigenvalue weighted by atomic mass is 10.1. The Bertz CT molecular complexity index is 423. The number of rotatable bonds is 5. The van der Waals surface area contributed by atoms with Crippen LogP contribution in [0.2, 0.25) is 0 Å². The van der Waals surface area contributed by atoms with Crippen molar-refractivity contribution in [3.63, 3.8) is 0 Å². The van der Waals surface area contributed by atoms with Gasteiger partial charge in [-0.3, -0.25) is 0 Å². The van der Waals surface area contributed by atoms with E-state index in [9.17, 15) is 8.42 Å². The quantitative estimate of drug-likeness (QED) is 0.854. The Morgan fingerprint density at radius 3 is 2.31 bits per heavy atom. The third-order valence-corrected chi connectivity index (χ3v) is 4.54. The molecule has 3 nitrogen and oxygen atoms in total. The van der Waals surface area contributed by atoms with Crippen molar-refractivity contribution in [3.05, 3.63) is 29.8 Å². The second-order valence-corrected chi connectivity index (χ2v) is 6.31. The summed E-state index contributed by atoms with van der Waals surface area (Å²) in [5.74, 6) is 0.282. The Morgan fingerprint density at radius 2 is 1.81 bits per heavy atom. The summed E-state index contributed by atoms with van der Waals surface area (Å²) in [6.45, 7) is 4.39. The molecule has 0 aliphatic rings. The maximum atomic E-state index is 12.0. The fourth-order valence-corrected chi connectivity index (χ4v) is 3.24. The molecule has 1 unspecified atom stereocenters. The van der Waals surface area contributed by atoms with Crippen LogP contribution in [0.3, 0.4) is 0 Å². The summed E-state index contributed by atoms with van der Waals surface area (Å²) in [5, 5.41) is 0. The summed E-state index contributed by atoms with van der Waals surface area (Å²) in [6.07, 6.45) is 0.741. The number of nitrogens with two attached hydrogens (primary N) is 1. The first-order valence-corrected chi connectivity index (χ1v) is 7.10. The van der Waals surface area contributed by atoms with Crippen LogP contribution in [0.4, 0.5) is 0 Å². The summed E-state index contributed by atoms with van der Waals surface area (Å²) in [6, 6.07) is 6.97. The number of sulfone groups is 1. The Kier molecular flexibility index (Phi) is 4.50. The van der Waals surface area contributed by atoms with Crippen LogP contribution in [0.5, 0.6) is 0 Å². The molecule has 0 heterocycles. The van der Waals surface area contributed by atoms with Gasteiger partial charge in [0.1, 0.15) is 0 Å². The molecule has 0 spiro atoms. The lowest BCUT2D eigenvalue weighted by molar-refractivity contribution is 0.554. The van der Waals surface area contributed by atoms with E-state index in [1.165, 1.54) is 0 Å². The second kappa shape index (κ2) is 5.46. The number of hydrogen-bond donors (Lipinski definition) is 1. The zero-order valence-corrected chi connectivity index (χ0v) is 10.6. The molecular weight excluding hydrogens is 222 g/mol. The lowest BCUT2D eigenvalue weighted by Crippen LogP contribution is -2.17. The van der Waals surface area contributed by atoms with Crippen LogP contribution in [-0.4, -0.2) is 20.7 Å². The zero-order chi connectivity index (χ0) is 12.2. The van der Waals surface area contributed by atoms with Crippen LogP contribution in [0.25, 0.3) is 0 Å². The topological polar surface area (TPSA) is 60.2 Å². The maximum absolute atomic E-state index is 12.0. The largest absolute Gasteiger partial charge is 0.330 e. The normalized spacial score (nSPS) is 13.7. The van der Waals surface area contributed by atoms with Gasteiger partial charge in [-0.2, -0.15) is 0 Å². The van der Waals surface area contributed by atoms with Gasteiger partial charge in [0.2, 0.25) is 0 Å². The molecule has 4 heteroatoms. The summed E-state index contributed by atoms with van der Waals surface area (Å²) in [5.41, 5.74) is 6.48. The first kappa shape index (κ1) is 13.2. The van der Waals surface area contributed by atoms with Crippen molar-refractivity contribution in [2.75, 3.05) is 12.3 Å². The van der Waals surface area contributed by atoms with Crippen molar-refractivity contribution in [2.24, 2.45) is 11.7 Å². The minimum absolute atomic E-state index is 0.108. The molecule has 0 amide bonds. The average Bonchev–Trinajstić information content (AvgIpc) is 2.17. The Hall–Kier alpha value is -0.870. The highest BCUT2D eigenvalue weighted by Crippen LogP contribution is 2.16. The van der Waals surface area contributed by atoms with E-state index < -0.39 is 9.84 Å². The molecule has 0 aliphatic carbocycles. The molecule has 0 saturated carbocycles. The average molecular weight is 241 g/mol. The van der Waals surface area contributed by atoms with Crippen molar-refractivity contribution < 1.29 is 8.42 Å². The molecule has 90 valence electrons. The van der Waals surface area contributed by atoms with E-state index >= 15 is 0 Å². The van der Waals surface area contributed by atoms with Gasteiger partial charge in [0, 0.05) is 0 Å². The van der Waals surface area contributed by atoms with E-state index in [1.807, 2.05) is 26.0 Å². The lowest BCUT2D eigenvalue weighted by Gasteiger charge is -2.10. The van der Waals surface area contributed by atoms with Gasteiger partial charge in [0.05, 0.1) is 10.6 Å². The Labute approximate surface area is 97.6 Å². The SMILES string of the molecule is Cc1ccc(S(=O)(=O)CC(C)CCN)cc1. The molecule has 1 atom stereocenters. The van der Waals surface area contributed by atoms with Crippen molar-refractivity contribution >= 4 is 9.84 Å². The van der Waals surface area contributed by atoms with E-state index in [0.29, 0.717) is 11.4 Å². The zero-order valence-electron chi connectivity index (χ0n) is 9.81. The predicted octanol–water partition coefficient (Wildman–Crippen LogP) is 1.75. The highest BCUT2D eigenvalue weighted by Gasteiger charge is 2.17. The summed E-state index contributed by atoms with van der Waals surface area (Å²) in [7, 11) is -3.15. The number of benzene rings is 1. The van der Waals surface area contributed by atoms with Crippen molar-refractivity contribution in [3.8, 4) is 0 Å². The molecule has 0 aromatic heterocycles. The monoisotopic (exact) mass is 241 g/mol. The fraction of sp³-hybridized carbons (Fsp3) is 0.500. The molecular formula is C12H19NO2S. The third-order valence-electron chi connectivity index (χ3n) is 2.54. The summed E-state index contributed by atoms with van der Waals surface area (Å²) < 4.78 is 24.0. The summed E-state index contributed by atoms with van der Waals surface area (Å²) in [4.78, 5) is 0.405. The van der Waals surface area contributed by atoms with Crippen LogP contribution in [0.15, 0.2) is 29.2 Å². The van der Waals surface area contributed by atoms with Gasteiger partial charge >= 0.3 is 0 Å². The van der Waals surface area contributed by atoms with E-state index in [0.717, 1.165) is 12.0 Å². The Balaban J connectivity index is 2.82. The minimum Gasteiger partial charge on any atom is -0.330 e. The highest BCUT2D eigenvalue weighted by molar-refractivity contribution is 7.91. The maximum Gasteiger partial charge on any atom is 0.178 e. The molecule has 0 bridgehead atoms. The van der Waals surface area contributed by atoms with E-state index in [4.69, 9.17) is 5.73 Å². The van der Waals surface area contributed by atoms with E-state index in [-0.39, 0.29) is 11.7 Å². The third kappa shape index (κ3) is 3.61. The second-order valence-electron chi connectivity index (χ2n) is 4.28. The smallest absolute Gasteiger partial charge is 0.178 e. The molecule has 1 aromatic carbocycles. The molecule has 2 N–H and O–H groups in total. The molecule has 0 saturated heterocycles. The van der Waals surface area contributed by atoms with Crippen molar-refractivity contribution in [1.82, 2.24) is 0 Å². The highest BCUT2D eigenvalue weighted by atomic mass is 32.2. The predicted molar refractivity (Wildman–Crippen MR) is 66.1 cm³/mol. The van der Waals surface area contributed by atoms with Crippen molar-refractivity contribution in [1.29, 1.82) is 0 Å². The molecule has 1 aromatic rings. The van der Waals surface area contributed by atoms with Crippen LogP contribution >= 0.6 is 0 Å². The standard InChI is InChI=1S/C12H19NO2S/c1-10-3-5-12(6-4-10)16(14,15)9-11(2)7-8-13/h3-6,11H,7-9,13H2,1-2H3. The van der Waals surface area contributed by atoms with Gasteiger partial charge < -0.3 is 5.73 Å². The number of hydrogen-bond acceptors (Lipinski definition) is 3. The molecule has 1 rings (SSSR count). The van der Waals surface area contributed by atoms with Crippen LogP contribution < -0.4 is 5.73 Å². The van der Waals surface area contributed by atoms with E-state index in [1.54, 1.807) is 12.1 Å². The van der Waals surface area contributed by atoms with Crippen LogP contribution in [-0.2, 0) is 9.84 Å². The molecule has 0 radical (unpaired) electrons. The molecule has 0 aliphatic heterocycles. The van der Waals surface area contributed by atoms with Gasteiger partial charge in [0.25, 0.3) is 0 Å². The fourth-order valence-electron chi connectivity index (χ4n) is 1.58. The molecule has 0 fully saturated rings. The molecule has 16 heavy (non-hydrogen) atoms. The first-order valence-electron chi connectivity index (χ1n) is 5.45. The van der Waals surface area contributed by atoms with Gasteiger partial charge in [-0.05, 0) is 37.9 Å². The van der Waals surface area contributed by atoms with Crippen LogP contribution in [0, 0.1) is 12.8 Å². The van der Waals surface area contributed by atoms with Gasteiger partial charge in [-0.25, -0.2) is 8.42 Å².